The zero-order chi connectivity index (χ0) is 14.7. The molecule has 0 atom stereocenters. The maximum Gasteiger partial charge on any atom is 0.293 e. The van der Waals surface area contributed by atoms with Gasteiger partial charge in [-0.3, -0.25) is 4.79 Å². The summed E-state index contributed by atoms with van der Waals surface area (Å²) >= 11 is 3.50. The van der Waals surface area contributed by atoms with Crippen LogP contribution in [0.25, 0.3) is 22.3 Å². The Balaban J connectivity index is 2.23. The van der Waals surface area contributed by atoms with E-state index in [0.29, 0.717) is 6.47 Å². The number of para-hydroxylation sites is 1. The third-order valence-electron chi connectivity index (χ3n) is 3.40. The first-order valence-corrected chi connectivity index (χ1v) is 7.67. The molecule has 3 rings (SSSR count). The summed E-state index contributed by atoms with van der Waals surface area (Å²) in [6.45, 7) is 0.661. The van der Waals surface area contributed by atoms with Crippen molar-refractivity contribution in [3.8, 4) is 11.3 Å². The van der Waals surface area contributed by atoms with Crippen LogP contribution in [0.5, 0.6) is 0 Å². The number of benzene rings is 2. The first kappa shape index (κ1) is 13.9. The molecule has 106 valence electrons. The van der Waals surface area contributed by atoms with Crippen LogP contribution in [0.2, 0.25) is 0 Å². The average molecular weight is 345 g/mol. The highest BCUT2D eigenvalue weighted by Gasteiger charge is 2.17. The average Bonchev–Trinajstić information content (AvgIpc) is 2.91. The highest BCUT2D eigenvalue weighted by Crippen LogP contribution is 2.36. The van der Waals surface area contributed by atoms with E-state index in [1.165, 1.54) is 0 Å². The van der Waals surface area contributed by atoms with Gasteiger partial charge in [-0.2, -0.15) is 0 Å². The van der Waals surface area contributed by atoms with Gasteiger partial charge in [0.25, 0.3) is 6.47 Å². The molecule has 0 saturated heterocycles. The van der Waals surface area contributed by atoms with Crippen molar-refractivity contribution in [2.24, 2.45) is 0 Å². The molecule has 0 saturated carbocycles. The van der Waals surface area contributed by atoms with Gasteiger partial charge in [-0.25, -0.2) is 0 Å². The zero-order valence-corrected chi connectivity index (χ0v) is 12.8. The van der Waals surface area contributed by atoms with Crippen LogP contribution in [0.3, 0.4) is 0 Å². The molecule has 0 spiro atoms. The number of hydrogen-bond donors (Lipinski definition) is 0. The van der Waals surface area contributed by atoms with Crippen molar-refractivity contribution in [2.45, 2.75) is 11.9 Å². The summed E-state index contributed by atoms with van der Waals surface area (Å²) in [6.07, 6.45) is 0. The van der Waals surface area contributed by atoms with Crippen LogP contribution in [0, 0.1) is 0 Å². The molecule has 0 aliphatic rings. The molecule has 0 unspecified atom stereocenters. The summed E-state index contributed by atoms with van der Waals surface area (Å²) in [5.41, 5.74) is 3.83. The minimum atomic E-state index is 0.201. The summed E-state index contributed by atoms with van der Waals surface area (Å²) < 4.78 is 11.0. The smallest absolute Gasteiger partial charge is 0.293 e. The first-order chi connectivity index (χ1) is 10.3. The number of alkyl halides is 1. The van der Waals surface area contributed by atoms with Crippen molar-refractivity contribution >= 4 is 33.4 Å². The van der Waals surface area contributed by atoms with Crippen LogP contribution in [0.4, 0.5) is 0 Å². The van der Waals surface area contributed by atoms with Gasteiger partial charge in [-0.15, -0.1) is 0 Å². The number of hydrogen-bond acceptors (Lipinski definition) is 3. The Hall–Kier alpha value is -2.07. The normalized spacial score (nSPS) is 10.7. The Bertz CT molecular complexity index is 777. The molecule has 1 heterocycles. The first-order valence-electron chi connectivity index (χ1n) is 6.55. The number of furan rings is 1. The summed E-state index contributed by atoms with van der Waals surface area (Å²) in [6, 6.07) is 15.8. The molecule has 0 radical (unpaired) electrons. The fraction of sp³-hybridized carbons (Fsp3) is 0.118. The standard InChI is InChI=1S/C17H13BrO3/c18-9-12-5-1-2-6-13(12)17-15(10-20-11-19)14-7-3-4-8-16(14)21-17/h1-8,11H,9-10H2. The third-order valence-corrected chi connectivity index (χ3v) is 4.00. The van der Waals surface area contributed by atoms with E-state index in [2.05, 4.69) is 15.9 Å². The second-order valence-corrected chi connectivity index (χ2v) is 5.16. The van der Waals surface area contributed by atoms with E-state index in [9.17, 15) is 4.79 Å². The second-order valence-electron chi connectivity index (χ2n) is 4.60. The van der Waals surface area contributed by atoms with Crippen molar-refractivity contribution in [2.75, 3.05) is 0 Å². The van der Waals surface area contributed by atoms with E-state index in [0.717, 1.165) is 38.7 Å². The maximum absolute atomic E-state index is 10.5. The maximum atomic E-state index is 10.5. The predicted octanol–water partition coefficient (Wildman–Crippen LogP) is 4.67. The summed E-state index contributed by atoms with van der Waals surface area (Å²) in [5.74, 6) is 0.758. The van der Waals surface area contributed by atoms with Crippen LogP contribution < -0.4 is 0 Å². The van der Waals surface area contributed by atoms with Crippen LogP contribution in [0.1, 0.15) is 11.1 Å². The van der Waals surface area contributed by atoms with Crippen molar-refractivity contribution in [3.63, 3.8) is 0 Å². The van der Waals surface area contributed by atoms with Crippen LogP contribution in [0.15, 0.2) is 52.9 Å². The second kappa shape index (κ2) is 6.14. The predicted molar refractivity (Wildman–Crippen MR) is 85.1 cm³/mol. The van der Waals surface area contributed by atoms with E-state index in [4.69, 9.17) is 9.15 Å². The molecule has 0 amide bonds. The number of fused-ring (bicyclic) bond motifs is 1. The highest BCUT2D eigenvalue weighted by atomic mass is 79.9. The van der Waals surface area contributed by atoms with E-state index in [1.807, 2.05) is 48.5 Å². The molecule has 21 heavy (non-hydrogen) atoms. The van der Waals surface area contributed by atoms with Crippen molar-refractivity contribution in [3.05, 3.63) is 59.7 Å². The number of carbonyl (C=O) groups is 1. The van der Waals surface area contributed by atoms with Gasteiger partial charge in [0, 0.05) is 21.8 Å². The summed E-state index contributed by atoms with van der Waals surface area (Å²) in [5, 5.41) is 1.70. The van der Waals surface area contributed by atoms with E-state index in [1.54, 1.807) is 0 Å². The lowest BCUT2D eigenvalue weighted by atomic mass is 10.0. The zero-order valence-electron chi connectivity index (χ0n) is 11.2. The Kier molecular flexibility index (Phi) is 4.06. The fourth-order valence-electron chi connectivity index (χ4n) is 2.44. The van der Waals surface area contributed by atoms with Crippen molar-refractivity contribution in [1.82, 2.24) is 0 Å². The SMILES string of the molecule is O=COCc1c(-c2ccccc2CBr)oc2ccccc12. The molecule has 0 fully saturated rings. The molecule has 4 heteroatoms. The van der Waals surface area contributed by atoms with Crippen molar-refractivity contribution < 1.29 is 13.9 Å². The van der Waals surface area contributed by atoms with E-state index < -0.39 is 0 Å². The molecule has 3 aromatic rings. The summed E-state index contributed by atoms with van der Waals surface area (Å²) in [4.78, 5) is 10.5. The number of rotatable bonds is 5. The van der Waals surface area contributed by atoms with Gasteiger partial charge < -0.3 is 9.15 Å². The van der Waals surface area contributed by atoms with Gasteiger partial charge >= 0.3 is 0 Å². The minimum absolute atomic E-state index is 0.201. The largest absolute Gasteiger partial charge is 0.463 e. The molecule has 0 aliphatic heterocycles. The Morgan fingerprint density at radius 2 is 1.86 bits per heavy atom. The quantitative estimate of drug-likeness (QED) is 0.498. The number of carbonyl (C=O) groups excluding carboxylic acids is 1. The lowest BCUT2D eigenvalue weighted by Crippen LogP contribution is -1.93. The monoisotopic (exact) mass is 344 g/mol. The van der Waals surface area contributed by atoms with Gasteiger partial charge in [0.1, 0.15) is 18.0 Å². The molecule has 0 N–H and O–H groups in total. The molecule has 1 aromatic heterocycles. The van der Waals surface area contributed by atoms with Gasteiger partial charge in [0.15, 0.2) is 0 Å². The van der Waals surface area contributed by atoms with E-state index in [-0.39, 0.29) is 6.61 Å². The van der Waals surface area contributed by atoms with Gasteiger partial charge in [0.05, 0.1) is 0 Å². The Morgan fingerprint density at radius 3 is 2.67 bits per heavy atom. The van der Waals surface area contributed by atoms with Gasteiger partial charge in [-0.1, -0.05) is 58.4 Å². The molecule has 3 nitrogen and oxygen atoms in total. The summed E-state index contributed by atoms with van der Waals surface area (Å²) in [7, 11) is 0. The van der Waals surface area contributed by atoms with Crippen LogP contribution in [-0.2, 0) is 21.5 Å². The van der Waals surface area contributed by atoms with Crippen molar-refractivity contribution in [1.29, 1.82) is 0 Å². The lowest BCUT2D eigenvalue weighted by Gasteiger charge is -2.06. The third kappa shape index (κ3) is 2.59. The molecular formula is C17H13BrO3. The van der Waals surface area contributed by atoms with Crippen LogP contribution >= 0.6 is 15.9 Å². The molecule has 0 aliphatic carbocycles. The Morgan fingerprint density at radius 1 is 1.10 bits per heavy atom. The highest BCUT2D eigenvalue weighted by molar-refractivity contribution is 9.08. The minimum Gasteiger partial charge on any atom is -0.463 e. The Labute approximate surface area is 130 Å². The molecule has 2 aromatic carbocycles. The topological polar surface area (TPSA) is 39.4 Å². The van der Waals surface area contributed by atoms with Crippen LogP contribution in [-0.4, -0.2) is 6.47 Å². The number of ether oxygens (including phenoxy) is 1. The van der Waals surface area contributed by atoms with Gasteiger partial charge in [-0.05, 0) is 11.6 Å². The van der Waals surface area contributed by atoms with Gasteiger partial charge in [0.2, 0.25) is 0 Å². The van der Waals surface area contributed by atoms with E-state index >= 15 is 0 Å². The lowest BCUT2D eigenvalue weighted by molar-refractivity contribution is -0.129. The molecular weight excluding hydrogens is 332 g/mol. The number of halogens is 1. The fourth-order valence-corrected chi connectivity index (χ4v) is 2.92. The molecule has 0 bridgehead atoms.